The Balaban J connectivity index is 4.30. The first-order valence-corrected chi connectivity index (χ1v) is 20.7. The van der Waals surface area contributed by atoms with Gasteiger partial charge in [-0.3, -0.25) is 18.6 Å². The van der Waals surface area contributed by atoms with Gasteiger partial charge in [-0.25, -0.2) is 4.57 Å². The molecule has 284 valence electrons. The SMILES string of the molecule is CCCCC/C=C\CCCCCCCCOCC(COP(=O)(O)OCC(N)C(=O)O)OC(=O)CCCCCCCCCCCCCCC. The van der Waals surface area contributed by atoms with Crippen molar-refractivity contribution in [1.29, 1.82) is 0 Å². The Morgan fingerprint density at radius 1 is 0.646 bits per heavy atom. The lowest BCUT2D eigenvalue weighted by Gasteiger charge is -2.20. The molecule has 0 amide bonds. The lowest BCUT2D eigenvalue weighted by atomic mass is 10.0. The van der Waals surface area contributed by atoms with E-state index >= 15 is 0 Å². The summed E-state index contributed by atoms with van der Waals surface area (Å²) in [5.41, 5.74) is 5.33. The number of unbranched alkanes of at least 4 members (excludes halogenated alkanes) is 21. The molecule has 0 aliphatic rings. The summed E-state index contributed by atoms with van der Waals surface area (Å²) in [4.78, 5) is 33.4. The molecule has 0 aliphatic carbocycles. The molecule has 3 atom stereocenters. The molecule has 48 heavy (non-hydrogen) atoms. The van der Waals surface area contributed by atoms with Crippen molar-refractivity contribution >= 4 is 19.8 Å². The second-order valence-electron chi connectivity index (χ2n) is 13.1. The topological polar surface area (TPSA) is 155 Å². The van der Waals surface area contributed by atoms with Crippen LogP contribution in [0.1, 0.15) is 174 Å². The molecule has 0 aromatic heterocycles. The summed E-state index contributed by atoms with van der Waals surface area (Å²) in [5.74, 6) is -1.78. The van der Waals surface area contributed by atoms with Gasteiger partial charge in [-0.15, -0.1) is 0 Å². The number of phosphoric ester groups is 1. The molecule has 0 aliphatic heterocycles. The molecule has 0 rings (SSSR count). The summed E-state index contributed by atoms with van der Waals surface area (Å²) >= 11 is 0. The summed E-state index contributed by atoms with van der Waals surface area (Å²) in [6, 6.07) is -1.47. The van der Waals surface area contributed by atoms with E-state index < -0.39 is 45.1 Å². The highest BCUT2D eigenvalue weighted by Crippen LogP contribution is 2.43. The van der Waals surface area contributed by atoms with Crippen LogP contribution in [0.5, 0.6) is 0 Å². The van der Waals surface area contributed by atoms with Crippen LogP contribution in [0, 0.1) is 0 Å². The van der Waals surface area contributed by atoms with E-state index in [2.05, 4.69) is 26.0 Å². The Morgan fingerprint density at radius 2 is 1.08 bits per heavy atom. The molecule has 4 N–H and O–H groups in total. The number of carboxylic acid groups (broad SMARTS) is 1. The molecular weight excluding hydrogens is 633 g/mol. The molecule has 0 saturated heterocycles. The van der Waals surface area contributed by atoms with E-state index in [-0.39, 0.29) is 13.0 Å². The summed E-state index contributed by atoms with van der Waals surface area (Å²) in [5, 5.41) is 8.86. The summed E-state index contributed by atoms with van der Waals surface area (Å²) in [6.07, 6.45) is 32.6. The van der Waals surface area contributed by atoms with Crippen LogP contribution >= 0.6 is 7.82 Å². The van der Waals surface area contributed by atoms with Crippen LogP contribution in [0.3, 0.4) is 0 Å². The highest BCUT2D eigenvalue weighted by atomic mass is 31.2. The Bertz CT molecular complexity index is 827. The van der Waals surface area contributed by atoms with Gasteiger partial charge in [0.15, 0.2) is 0 Å². The first-order chi connectivity index (χ1) is 23.2. The van der Waals surface area contributed by atoms with Crippen LogP contribution in [-0.4, -0.2) is 60.5 Å². The molecule has 10 nitrogen and oxygen atoms in total. The third-order valence-corrected chi connectivity index (χ3v) is 9.25. The van der Waals surface area contributed by atoms with Crippen molar-refractivity contribution in [3.63, 3.8) is 0 Å². The van der Waals surface area contributed by atoms with Gasteiger partial charge in [0.25, 0.3) is 0 Å². The number of carbonyl (C=O) groups is 2. The quantitative estimate of drug-likeness (QED) is 0.0246. The lowest BCUT2D eigenvalue weighted by molar-refractivity contribution is -0.154. The first kappa shape index (κ1) is 46.7. The minimum Gasteiger partial charge on any atom is -0.480 e. The van der Waals surface area contributed by atoms with E-state index in [0.717, 1.165) is 38.5 Å². The van der Waals surface area contributed by atoms with Crippen LogP contribution in [0.15, 0.2) is 12.2 Å². The molecule has 0 bridgehead atoms. The number of phosphoric acid groups is 1. The van der Waals surface area contributed by atoms with E-state index in [4.69, 9.17) is 29.4 Å². The number of carboxylic acids is 1. The molecular formula is C37H72NO9P. The maximum absolute atomic E-state index is 12.5. The number of esters is 1. The van der Waals surface area contributed by atoms with Crippen molar-refractivity contribution in [2.45, 2.75) is 187 Å². The smallest absolute Gasteiger partial charge is 0.472 e. The zero-order valence-corrected chi connectivity index (χ0v) is 31.5. The lowest BCUT2D eigenvalue weighted by Crippen LogP contribution is -2.34. The predicted molar refractivity (Wildman–Crippen MR) is 194 cm³/mol. The Labute approximate surface area is 292 Å². The fourth-order valence-electron chi connectivity index (χ4n) is 5.24. The van der Waals surface area contributed by atoms with E-state index in [1.807, 2.05) is 0 Å². The predicted octanol–water partition coefficient (Wildman–Crippen LogP) is 9.81. The van der Waals surface area contributed by atoms with Gasteiger partial charge in [0.2, 0.25) is 0 Å². The Kier molecular flexibility index (Phi) is 33.3. The molecule has 0 aromatic carbocycles. The maximum Gasteiger partial charge on any atom is 0.472 e. The second kappa shape index (κ2) is 34.2. The average Bonchev–Trinajstić information content (AvgIpc) is 3.06. The Morgan fingerprint density at radius 3 is 1.62 bits per heavy atom. The summed E-state index contributed by atoms with van der Waals surface area (Å²) < 4.78 is 33.2. The van der Waals surface area contributed by atoms with Crippen LogP contribution < -0.4 is 5.73 Å². The van der Waals surface area contributed by atoms with Crippen molar-refractivity contribution in [3.05, 3.63) is 12.2 Å². The molecule has 0 saturated carbocycles. The maximum atomic E-state index is 12.5. The first-order valence-electron chi connectivity index (χ1n) is 19.2. The van der Waals surface area contributed by atoms with Crippen LogP contribution in [-0.2, 0) is 32.7 Å². The van der Waals surface area contributed by atoms with Crippen LogP contribution in [0.4, 0.5) is 0 Å². The zero-order valence-electron chi connectivity index (χ0n) is 30.6. The van der Waals surface area contributed by atoms with E-state index in [1.54, 1.807) is 0 Å². The number of nitrogens with two attached hydrogens (primary N) is 1. The minimum atomic E-state index is -4.60. The molecule has 0 aromatic rings. The van der Waals surface area contributed by atoms with Gasteiger partial charge in [-0.05, 0) is 38.5 Å². The summed E-state index contributed by atoms with van der Waals surface area (Å²) in [7, 11) is -4.60. The van der Waals surface area contributed by atoms with Gasteiger partial charge < -0.3 is 25.2 Å². The molecule has 0 fully saturated rings. The fourth-order valence-corrected chi connectivity index (χ4v) is 6.02. The zero-order chi connectivity index (χ0) is 35.6. The fraction of sp³-hybridized carbons (Fsp3) is 0.892. The van der Waals surface area contributed by atoms with Crippen molar-refractivity contribution in [2.75, 3.05) is 26.4 Å². The van der Waals surface area contributed by atoms with E-state index in [9.17, 15) is 19.0 Å². The molecule has 11 heteroatoms. The normalized spacial score (nSPS) is 14.2. The number of hydrogen-bond acceptors (Lipinski definition) is 8. The number of rotatable bonds is 37. The third kappa shape index (κ3) is 33.2. The second-order valence-corrected chi connectivity index (χ2v) is 14.5. The number of allylic oxidation sites excluding steroid dienone is 2. The van der Waals surface area contributed by atoms with E-state index in [1.165, 1.54) is 109 Å². The van der Waals surface area contributed by atoms with E-state index in [0.29, 0.717) is 13.0 Å². The van der Waals surface area contributed by atoms with Gasteiger partial charge in [0.05, 0.1) is 19.8 Å². The van der Waals surface area contributed by atoms with Gasteiger partial charge in [0.1, 0.15) is 12.1 Å². The number of carbonyl (C=O) groups excluding carboxylic acids is 1. The molecule has 0 spiro atoms. The van der Waals surface area contributed by atoms with Gasteiger partial charge >= 0.3 is 19.8 Å². The third-order valence-electron chi connectivity index (χ3n) is 8.29. The van der Waals surface area contributed by atoms with Crippen LogP contribution in [0.25, 0.3) is 0 Å². The van der Waals surface area contributed by atoms with Crippen molar-refractivity contribution in [2.24, 2.45) is 5.73 Å². The summed E-state index contributed by atoms with van der Waals surface area (Å²) in [6.45, 7) is 3.85. The Hall–Kier alpha value is -1.29. The van der Waals surface area contributed by atoms with Gasteiger partial charge in [-0.1, -0.05) is 142 Å². The standard InChI is InChI=1S/C37H72NO9P/c1-3-5-7-9-11-13-15-17-19-21-23-25-27-29-36(39)47-34(32-45-48(42,43)46-33-35(38)37(40)41)31-44-30-28-26-24-22-20-18-16-14-12-10-8-6-4-2/h12,14,34-35H,3-11,13,15-33,38H2,1-2H3,(H,40,41)(H,42,43)/b14-12-. The largest absolute Gasteiger partial charge is 0.480 e. The van der Waals surface area contributed by atoms with Crippen molar-refractivity contribution in [1.82, 2.24) is 0 Å². The highest BCUT2D eigenvalue weighted by molar-refractivity contribution is 7.47. The number of aliphatic carboxylic acids is 1. The molecule has 3 unspecified atom stereocenters. The van der Waals surface area contributed by atoms with Gasteiger partial charge in [-0.2, -0.15) is 0 Å². The monoisotopic (exact) mass is 705 g/mol. The van der Waals surface area contributed by atoms with Crippen molar-refractivity contribution in [3.8, 4) is 0 Å². The van der Waals surface area contributed by atoms with Crippen molar-refractivity contribution < 1.29 is 42.7 Å². The van der Waals surface area contributed by atoms with Gasteiger partial charge in [0, 0.05) is 13.0 Å². The average molecular weight is 706 g/mol. The number of hydrogen-bond donors (Lipinski definition) is 3. The number of ether oxygens (including phenoxy) is 2. The highest BCUT2D eigenvalue weighted by Gasteiger charge is 2.27. The molecule has 0 heterocycles. The minimum absolute atomic E-state index is 0.0174. The van der Waals surface area contributed by atoms with Crippen LogP contribution in [0.2, 0.25) is 0 Å². The molecule has 0 radical (unpaired) electrons.